The first-order chi connectivity index (χ1) is 10.5. The highest BCUT2D eigenvalue weighted by Crippen LogP contribution is 2.32. The average Bonchev–Trinajstić information content (AvgIpc) is 2.82. The number of halogens is 1. The lowest BCUT2D eigenvalue weighted by Gasteiger charge is -2.06. The van der Waals surface area contributed by atoms with Gasteiger partial charge in [-0.3, -0.25) is 4.79 Å². The summed E-state index contributed by atoms with van der Waals surface area (Å²) >= 11 is 0. The molecule has 0 saturated carbocycles. The van der Waals surface area contributed by atoms with Crippen molar-refractivity contribution >= 4 is 16.9 Å². The maximum absolute atomic E-state index is 14.0. The van der Waals surface area contributed by atoms with Crippen molar-refractivity contribution in [2.75, 3.05) is 0 Å². The first-order valence-electron chi connectivity index (χ1n) is 7.06. The minimum atomic E-state index is -0.935. The number of benzene rings is 2. The molecule has 112 valence electrons. The normalized spacial score (nSPS) is 11.0. The second-order valence-electron chi connectivity index (χ2n) is 5.51. The molecule has 2 aromatic carbocycles. The van der Waals surface area contributed by atoms with Crippen LogP contribution in [0.3, 0.4) is 0 Å². The molecule has 3 aromatic rings. The zero-order chi connectivity index (χ0) is 15.9. The zero-order valence-electron chi connectivity index (χ0n) is 12.4. The molecule has 1 aromatic heterocycles. The van der Waals surface area contributed by atoms with Crippen LogP contribution in [-0.4, -0.2) is 16.1 Å². The van der Waals surface area contributed by atoms with E-state index in [1.165, 1.54) is 6.07 Å². The Morgan fingerprint density at radius 2 is 1.95 bits per heavy atom. The molecule has 0 unspecified atom stereocenters. The Balaban J connectivity index is 2.29. The van der Waals surface area contributed by atoms with E-state index in [-0.39, 0.29) is 12.2 Å². The van der Waals surface area contributed by atoms with Crippen LogP contribution >= 0.6 is 0 Å². The third kappa shape index (κ3) is 2.37. The van der Waals surface area contributed by atoms with Crippen LogP contribution in [0.5, 0.6) is 0 Å². The van der Waals surface area contributed by atoms with Gasteiger partial charge in [0.2, 0.25) is 0 Å². The van der Waals surface area contributed by atoms with E-state index < -0.39 is 5.97 Å². The highest BCUT2D eigenvalue weighted by Gasteiger charge is 2.17. The molecular formula is C18H16FNO2. The van der Waals surface area contributed by atoms with Crippen molar-refractivity contribution in [3.05, 3.63) is 58.9 Å². The van der Waals surface area contributed by atoms with Crippen LogP contribution in [0.1, 0.15) is 16.7 Å². The maximum Gasteiger partial charge on any atom is 0.307 e. The lowest BCUT2D eigenvalue weighted by molar-refractivity contribution is -0.136. The molecule has 0 saturated heterocycles. The number of nitrogens with one attached hydrogen (secondary N) is 1. The van der Waals surface area contributed by atoms with Crippen LogP contribution in [-0.2, 0) is 11.2 Å². The molecule has 4 heteroatoms. The van der Waals surface area contributed by atoms with E-state index in [1.807, 2.05) is 32.0 Å². The largest absolute Gasteiger partial charge is 0.481 e. The first-order valence-corrected chi connectivity index (χ1v) is 7.06. The molecule has 0 amide bonds. The van der Waals surface area contributed by atoms with Gasteiger partial charge in [-0.15, -0.1) is 0 Å². The van der Waals surface area contributed by atoms with Crippen LogP contribution in [0, 0.1) is 19.7 Å². The van der Waals surface area contributed by atoms with Crippen molar-refractivity contribution in [3.8, 4) is 11.3 Å². The van der Waals surface area contributed by atoms with Gasteiger partial charge in [0, 0.05) is 5.39 Å². The number of aryl methyl sites for hydroxylation is 2. The van der Waals surface area contributed by atoms with E-state index in [1.54, 1.807) is 12.1 Å². The Bertz CT molecular complexity index is 880. The van der Waals surface area contributed by atoms with Gasteiger partial charge in [-0.1, -0.05) is 24.3 Å². The van der Waals surface area contributed by atoms with Gasteiger partial charge < -0.3 is 10.1 Å². The summed E-state index contributed by atoms with van der Waals surface area (Å²) in [4.78, 5) is 14.3. The van der Waals surface area contributed by atoms with E-state index in [2.05, 4.69) is 4.98 Å². The Kier molecular flexibility index (Phi) is 3.45. The number of carbonyl (C=O) groups is 1. The molecule has 3 nitrogen and oxygen atoms in total. The highest BCUT2D eigenvalue weighted by atomic mass is 19.1. The fourth-order valence-corrected chi connectivity index (χ4v) is 2.72. The molecule has 2 N–H and O–H groups in total. The summed E-state index contributed by atoms with van der Waals surface area (Å²) in [6.07, 6.45) is -0.147. The molecule has 1 heterocycles. The number of carboxylic acid groups (broad SMARTS) is 1. The van der Waals surface area contributed by atoms with Gasteiger partial charge in [0.25, 0.3) is 0 Å². The summed E-state index contributed by atoms with van der Waals surface area (Å²) in [6.45, 7) is 4.01. The van der Waals surface area contributed by atoms with E-state index in [0.717, 1.165) is 16.7 Å². The smallest absolute Gasteiger partial charge is 0.307 e. The summed E-state index contributed by atoms with van der Waals surface area (Å²) in [6, 6.07) is 10.6. The predicted molar refractivity (Wildman–Crippen MR) is 84.5 cm³/mol. The summed E-state index contributed by atoms with van der Waals surface area (Å²) in [7, 11) is 0. The Hall–Kier alpha value is -2.62. The molecule has 22 heavy (non-hydrogen) atoms. The number of fused-ring (bicyclic) bond motifs is 1. The minimum absolute atomic E-state index is 0.147. The van der Waals surface area contributed by atoms with Gasteiger partial charge in [0.15, 0.2) is 0 Å². The highest BCUT2D eigenvalue weighted by molar-refractivity contribution is 5.94. The maximum atomic E-state index is 14.0. The fourth-order valence-electron chi connectivity index (χ4n) is 2.72. The van der Waals surface area contributed by atoms with Gasteiger partial charge in [0.1, 0.15) is 5.82 Å². The van der Waals surface area contributed by atoms with Crippen molar-refractivity contribution in [2.24, 2.45) is 0 Å². The number of aromatic amines is 1. The van der Waals surface area contributed by atoms with Crippen molar-refractivity contribution < 1.29 is 14.3 Å². The van der Waals surface area contributed by atoms with Gasteiger partial charge >= 0.3 is 5.97 Å². The van der Waals surface area contributed by atoms with Crippen molar-refractivity contribution in [1.29, 1.82) is 0 Å². The monoisotopic (exact) mass is 297 g/mol. The number of rotatable bonds is 3. The average molecular weight is 297 g/mol. The van der Waals surface area contributed by atoms with Crippen LogP contribution in [0.25, 0.3) is 22.2 Å². The molecule has 0 aliphatic carbocycles. The number of hydrogen-bond acceptors (Lipinski definition) is 1. The number of H-pyrrole nitrogens is 1. The number of aliphatic carboxylic acids is 1. The number of aromatic nitrogens is 1. The molecule has 0 spiro atoms. The standard InChI is InChI=1S/C18H16FNO2/c1-10-6-7-12(8-11(10)2)17-14(9-16(21)22)13-4-3-5-15(19)18(13)20-17/h3-8,20H,9H2,1-2H3,(H,21,22). The summed E-state index contributed by atoms with van der Waals surface area (Å²) in [5.41, 5.74) is 4.78. The number of hydrogen-bond donors (Lipinski definition) is 2. The molecule has 0 bridgehead atoms. The number of carboxylic acids is 1. The molecular weight excluding hydrogens is 281 g/mol. The molecule has 0 aliphatic heterocycles. The van der Waals surface area contributed by atoms with Crippen LogP contribution in [0.4, 0.5) is 4.39 Å². The van der Waals surface area contributed by atoms with Crippen LogP contribution in [0.15, 0.2) is 36.4 Å². The molecule has 0 aliphatic rings. The van der Waals surface area contributed by atoms with Gasteiger partial charge in [-0.05, 0) is 48.2 Å². The number of para-hydroxylation sites is 1. The fraction of sp³-hybridized carbons (Fsp3) is 0.167. The van der Waals surface area contributed by atoms with Gasteiger partial charge in [-0.2, -0.15) is 0 Å². The second-order valence-corrected chi connectivity index (χ2v) is 5.51. The lowest BCUT2D eigenvalue weighted by atomic mass is 9.99. The van der Waals surface area contributed by atoms with Gasteiger partial charge in [-0.25, -0.2) is 4.39 Å². The molecule has 0 radical (unpaired) electrons. The minimum Gasteiger partial charge on any atom is -0.481 e. The third-order valence-corrected chi connectivity index (χ3v) is 4.01. The van der Waals surface area contributed by atoms with Crippen molar-refractivity contribution in [1.82, 2.24) is 4.98 Å². The summed E-state index contributed by atoms with van der Waals surface area (Å²) in [5.74, 6) is -1.31. The Morgan fingerprint density at radius 1 is 1.18 bits per heavy atom. The predicted octanol–water partition coefficient (Wildman–Crippen LogP) is 4.22. The molecule has 0 atom stereocenters. The summed E-state index contributed by atoms with van der Waals surface area (Å²) in [5, 5.41) is 9.80. The summed E-state index contributed by atoms with van der Waals surface area (Å²) < 4.78 is 14.0. The lowest BCUT2D eigenvalue weighted by Crippen LogP contribution is -2.01. The topological polar surface area (TPSA) is 53.1 Å². The van der Waals surface area contributed by atoms with E-state index >= 15 is 0 Å². The van der Waals surface area contributed by atoms with E-state index in [0.29, 0.717) is 22.2 Å². The van der Waals surface area contributed by atoms with Crippen molar-refractivity contribution in [3.63, 3.8) is 0 Å². The third-order valence-electron chi connectivity index (χ3n) is 4.01. The van der Waals surface area contributed by atoms with E-state index in [4.69, 9.17) is 0 Å². The van der Waals surface area contributed by atoms with Crippen molar-refractivity contribution in [2.45, 2.75) is 20.3 Å². The van der Waals surface area contributed by atoms with Crippen LogP contribution in [0.2, 0.25) is 0 Å². The molecule has 3 rings (SSSR count). The molecule has 0 fully saturated rings. The van der Waals surface area contributed by atoms with Gasteiger partial charge in [0.05, 0.1) is 17.6 Å². The van der Waals surface area contributed by atoms with Crippen LogP contribution < -0.4 is 0 Å². The second kappa shape index (κ2) is 5.30. The first kappa shape index (κ1) is 14.3. The SMILES string of the molecule is Cc1ccc(-c2[nH]c3c(F)cccc3c2CC(=O)O)cc1C. The quantitative estimate of drug-likeness (QED) is 0.760. The Morgan fingerprint density at radius 3 is 2.64 bits per heavy atom. The Labute approximate surface area is 127 Å². The van der Waals surface area contributed by atoms with E-state index in [9.17, 15) is 14.3 Å². The zero-order valence-corrected chi connectivity index (χ0v) is 12.4.